The highest BCUT2D eigenvalue weighted by molar-refractivity contribution is 6.39. The number of amides is 1. The van der Waals surface area contributed by atoms with Crippen molar-refractivity contribution in [1.29, 1.82) is 0 Å². The van der Waals surface area contributed by atoms with Crippen molar-refractivity contribution in [3.05, 3.63) is 63.2 Å². The quantitative estimate of drug-likeness (QED) is 0.0775. The van der Waals surface area contributed by atoms with Gasteiger partial charge in [0.1, 0.15) is 36.2 Å². The van der Waals surface area contributed by atoms with E-state index in [1.165, 1.54) is 43.4 Å². The number of Topliss-reactive ketones (excluding diaryl/α,β-unsaturated/α-hetero) is 3. The molecule has 3 aliphatic heterocycles. The van der Waals surface area contributed by atoms with Crippen LogP contribution in [0.5, 0.6) is 0 Å². The first kappa shape index (κ1) is 62.1. The van der Waals surface area contributed by atoms with E-state index in [0.717, 1.165) is 31.3 Å². The second kappa shape index (κ2) is 28.8. The number of ketones is 3. The van der Waals surface area contributed by atoms with E-state index in [4.69, 9.17) is 28.4 Å². The zero-order chi connectivity index (χ0) is 56.0. The summed E-state index contributed by atoms with van der Waals surface area (Å²) in [4.78, 5) is 96.4. The summed E-state index contributed by atoms with van der Waals surface area (Å²) < 4.78 is 35.7. The number of ether oxygens (including phenoxy) is 6. The van der Waals surface area contributed by atoms with Crippen molar-refractivity contribution in [1.82, 2.24) is 4.90 Å². The largest absolute Gasteiger partial charge is 0.460 e. The molecule has 1 aromatic carbocycles. The molecule has 2 N–H and O–H groups in total. The highest BCUT2D eigenvalue weighted by atomic mass is 16.6. The van der Waals surface area contributed by atoms with Crippen molar-refractivity contribution in [2.75, 3.05) is 27.9 Å². The van der Waals surface area contributed by atoms with Gasteiger partial charge in [0.2, 0.25) is 5.79 Å². The fraction of sp³-hybridized carbons (Fsp3) is 0.724. The molecule has 0 aromatic heterocycles. The Morgan fingerprint density at radius 2 is 1.55 bits per heavy atom. The molecular formula is C58H86N2O16. The normalized spacial score (nSPS) is 35.7. The van der Waals surface area contributed by atoms with Crippen molar-refractivity contribution >= 4 is 40.9 Å². The summed E-state index contributed by atoms with van der Waals surface area (Å²) in [5.74, 6) is -8.84. The van der Waals surface area contributed by atoms with Crippen LogP contribution in [-0.4, -0.2) is 138 Å². The SMILES string of the molecule is COC1C[C@@H]2CC[C@@H](C)[C@@](O)(O2)C(=O)C(=O)N2CCCC[C@H]2C(=O)O[C@H]([C@H](C)C[C@@H]2CC[C@H](OC(=O)c3ccc([N+](=O)[O-])cc3)[C@H](OC)C2)CC(=O)[C@H](C)/C=C(\C)[C@@H](O)C(OC)C(=O)[C@H](C)C[C@H](C)CCCC/C=C/1C. The van der Waals surface area contributed by atoms with Gasteiger partial charge in [0, 0.05) is 70.6 Å². The Kier molecular flexibility index (Phi) is 23.5. The van der Waals surface area contributed by atoms with Crippen molar-refractivity contribution in [3.63, 3.8) is 0 Å². The summed E-state index contributed by atoms with van der Waals surface area (Å²) in [5.41, 5.74) is 1.35. The number of carbonyl (C=O) groups is 6. The number of aliphatic hydroxyl groups excluding tert-OH is 1. The highest BCUT2D eigenvalue weighted by Crippen LogP contribution is 2.38. The maximum atomic E-state index is 14.6. The molecule has 76 heavy (non-hydrogen) atoms. The van der Waals surface area contributed by atoms with Gasteiger partial charge in [0.15, 0.2) is 5.78 Å². The summed E-state index contributed by atoms with van der Waals surface area (Å²) in [7, 11) is 4.50. The van der Waals surface area contributed by atoms with Crippen LogP contribution in [0.3, 0.4) is 0 Å². The van der Waals surface area contributed by atoms with E-state index in [9.17, 15) is 49.1 Å². The number of non-ortho nitro benzene ring substituents is 1. The Bertz CT molecular complexity index is 2230. The number of hydrogen-bond acceptors (Lipinski definition) is 16. The van der Waals surface area contributed by atoms with Crippen LogP contribution in [-0.2, 0) is 52.4 Å². The first-order chi connectivity index (χ1) is 36.0. The van der Waals surface area contributed by atoms with Gasteiger partial charge in [-0.3, -0.25) is 29.3 Å². The first-order valence-corrected chi connectivity index (χ1v) is 27.6. The third-order valence-electron chi connectivity index (χ3n) is 16.7. The number of nitro benzene ring substituents is 1. The summed E-state index contributed by atoms with van der Waals surface area (Å²) in [6.45, 7) is 12.8. The van der Waals surface area contributed by atoms with E-state index in [1.807, 2.05) is 20.8 Å². The third kappa shape index (κ3) is 16.2. The lowest BCUT2D eigenvalue weighted by Gasteiger charge is -2.42. The van der Waals surface area contributed by atoms with Crippen LogP contribution in [0.2, 0.25) is 0 Å². The van der Waals surface area contributed by atoms with E-state index >= 15 is 0 Å². The number of esters is 2. The van der Waals surface area contributed by atoms with Gasteiger partial charge in [-0.25, -0.2) is 9.59 Å². The zero-order valence-electron chi connectivity index (χ0n) is 46.6. The second-order valence-corrected chi connectivity index (χ2v) is 22.5. The maximum Gasteiger partial charge on any atom is 0.338 e. The van der Waals surface area contributed by atoms with Crippen molar-refractivity contribution in [2.24, 2.45) is 35.5 Å². The monoisotopic (exact) mass is 1070 g/mol. The average molecular weight is 1070 g/mol. The Morgan fingerprint density at radius 3 is 2.21 bits per heavy atom. The fourth-order valence-corrected chi connectivity index (χ4v) is 11.7. The second-order valence-electron chi connectivity index (χ2n) is 22.5. The van der Waals surface area contributed by atoms with Crippen LogP contribution >= 0.6 is 0 Å². The van der Waals surface area contributed by atoms with Crippen LogP contribution in [0, 0.1) is 45.6 Å². The molecular weight excluding hydrogens is 981 g/mol. The van der Waals surface area contributed by atoms with Crippen LogP contribution in [0.4, 0.5) is 5.69 Å². The van der Waals surface area contributed by atoms with Gasteiger partial charge in [0.05, 0.1) is 28.8 Å². The van der Waals surface area contributed by atoms with Gasteiger partial charge >= 0.3 is 11.9 Å². The number of piperidine rings is 1. The number of aliphatic hydroxyl groups is 2. The summed E-state index contributed by atoms with van der Waals surface area (Å²) in [5, 5.41) is 34.8. The van der Waals surface area contributed by atoms with Crippen molar-refractivity contribution in [2.45, 2.75) is 206 Å². The molecule has 2 bridgehead atoms. The fourth-order valence-electron chi connectivity index (χ4n) is 11.7. The van der Waals surface area contributed by atoms with E-state index < -0.39 is 101 Å². The molecule has 4 aliphatic rings. The Hall–Kier alpha value is -4.72. The number of carbonyl (C=O) groups excluding carboxylic acids is 6. The number of fused-ring (bicyclic) bond motifs is 3. The van der Waals surface area contributed by atoms with Crippen LogP contribution in [0.1, 0.15) is 162 Å². The molecule has 1 amide bonds. The number of hydrogen-bond donors (Lipinski definition) is 2. The molecule has 15 atom stereocenters. The molecule has 2 saturated heterocycles. The first-order valence-electron chi connectivity index (χ1n) is 27.6. The zero-order valence-corrected chi connectivity index (χ0v) is 46.6. The highest BCUT2D eigenvalue weighted by Gasteiger charge is 2.53. The minimum atomic E-state index is -2.45. The molecule has 0 radical (unpaired) electrons. The average Bonchev–Trinajstić information content (AvgIpc) is 3.40. The van der Waals surface area contributed by atoms with Gasteiger partial charge in [-0.2, -0.15) is 0 Å². The lowest BCUT2D eigenvalue weighted by atomic mass is 9.78. The molecule has 1 aromatic rings. The third-order valence-corrected chi connectivity index (χ3v) is 16.7. The summed E-state index contributed by atoms with van der Waals surface area (Å²) in [6, 6.07) is 3.95. The van der Waals surface area contributed by atoms with Gasteiger partial charge in [-0.1, -0.05) is 59.6 Å². The van der Waals surface area contributed by atoms with Crippen LogP contribution in [0.15, 0.2) is 47.6 Å². The molecule has 2 unspecified atom stereocenters. The van der Waals surface area contributed by atoms with Crippen LogP contribution < -0.4 is 0 Å². The number of cyclic esters (lactones) is 1. The Morgan fingerprint density at radius 1 is 0.855 bits per heavy atom. The van der Waals surface area contributed by atoms with Gasteiger partial charge in [-0.05, 0) is 132 Å². The predicted molar refractivity (Wildman–Crippen MR) is 282 cm³/mol. The van der Waals surface area contributed by atoms with E-state index in [-0.39, 0.29) is 60.1 Å². The van der Waals surface area contributed by atoms with Crippen LogP contribution in [0.25, 0.3) is 0 Å². The maximum absolute atomic E-state index is 14.6. The standard InChI is InChI=1S/C58H86N2O16/c1-34-16-12-11-13-17-35(2)48(71-8)32-44-25-19-40(7)58(68,76-44)54(64)55(65)59-27-15-14-18-45(59)57(67)75-49(33-46(61)36(3)29-39(6)52(63)53(73-10)51(62)38(5)28-34)37(4)30-41-20-26-47(50(31-41)72-9)74-56(66)42-21-23-43(24-22-42)60(69)70/h17,21-24,29,34,36-38,40-41,44-45,47-50,52-53,63,68H,11-16,18-20,25-28,30-33H2,1-10H3/b35-17+,39-29+/t34-,36-,37-,38-,40-,41+,44+,45+,47+,48?,49+,50-,52-,53?,58-/m1/s1. The molecule has 5 rings (SSSR count). The van der Waals surface area contributed by atoms with Gasteiger partial charge in [0.25, 0.3) is 17.4 Å². The Balaban J connectivity index is 1.42. The van der Waals surface area contributed by atoms with Crippen molar-refractivity contribution in [3.8, 4) is 0 Å². The number of allylic oxidation sites excluding steroid dienone is 2. The lowest BCUT2D eigenvalue weighted by molar-refractivity contribution is -0.384. The van der Waals surface area contributed by atoms with E-state index in [2.05, 4.69) is 13.0 Å². The lowest BCUT2D eigenvalue weighted by Crippen LogP contribution is -2.61. The molecule has 18 heteroatoms. The molecule has 3 heterocycles. The summed E-state index contributed by atoms with van der Waals surface area (Å²) >= 11 is 0. The van der Waals surface area contributed by atoms with Gasteiger partial charge < -0.3 is 43.5 Å². The van der Waals surface area contributed by atoms with Crippen molar-refractivity contribution < 1.29 is 72.3 Å². The minimum absolute atomic E-state index is 0.0343. The molecule has 0 spiro atoms. The molecule has 424 valence electrons. The summed E-state index contributed by atoms with van der Waals surface area (Å²) in [6.07, 6.45) is 6.41. The Labute approximate surface area is 449 Å². The molecule has 1 saturated carbocycles. The minimum Gasteiger partial charge on any atom is -0.460 e. The topological polar surface area (TPSA) is 245 Å². The number of rotatable bonds is 9. The predicted octanol–water partition coefficient (Wildman–Crippen LogP) is 8.40. The smallest absolute Gasteiger partial charge is 0.338 e. The number of methoxy groups -OCH3 is 3. The number of nitrogens with zero attached hydrogens (tertiary/aromatic N) is 2. The van der Waals surface area contributed by atoms with Gasteiger partial charge in [-0.15, -0.1) is 0 Å². The van der Waals surface area contributed by atoms with E-state index in [0.29, 0.717) is 69.8 Å². The molecule has 3 fully saturated rings. The number of benzene rings is 1. The number of nitro groups is 1. The molecule has 1 aliphatic carbocycles. The molecule has 18 nitrogen and oxygen atoms in total. The van der Waals surface area contributed by atoms with E-state index in [1.54, 1.807) is 34.0 Å².